The lowest BCUT2D eigenvalue weighted by Gasteiger charge is -2.19. The smallest absolute Gasteiger partial charge is 0.133 e. The number of allylic oxidation sites excluding steroid dienone is 2. The Morgan fingerprint density at radius 3 is 1.24 bits per heavy atom. The molecule has 2 heteroatoms. The van der Waals surface area contributed by atoms with E-state index in [9.17, 15) is 4.79 Å². The SMILES string of the molecule is CC=CCCCCCCCCCCCCCCCCCCCCCCCCCC(CC(CC)OC)C(C)=O. The molecule has 0 bridgehead atoms. The van der Waals surface area contributed by atoms with Crippen LogP contribution in [0, 0.1) is 5.92 Å². The lowest BCUT2D eigenvalue weighted by Crippen LogP contribution is -2.20. The molecule has 0 rings (SSSR count). The lowest BCUT2D eigenvalue weighted by molar-refractivity contribution is -0.122. The van der Waals surface area contributed by atoms with E-state index in [0.717, 1.165) is 19.3 Å². The highest BCUT2D eigenvalue weighted by Crippen LogP contribution is 2.21. The van der Waals surface area contributed by atoms with Crippen LogP contribution in [0.3, 0.4) is 0 Å². The van der Waals surface area contributed by atoms with E-state index in [-0.39, 0.29) is 12.0 Å². The highest BCUT2D eigenvalue weighted by atomic mass is 16.5. The van der Waals surface area contributed by atoms with E-state index in [2.05, 4.69) is 26.0 Å². The Balaban J connectivity index is 3.25. The molecule has 0 spiro atoms. The zero-order valence-electron chi connectivity index (χ0n) is 26.7. The standard InChI is InChI=1S/C36H70O2/c1-5-7-8-9-10-11-12-13-14-15-16-17-18-19-20-21-22-23-24-25-26-27-28-29-30-31-32-35(34(3)37)33-36(6-2)38-4/h5,7,35-36H,6,8-33H2,1-4H3. The van der Waals surface area contributed by atoms with Gasteiger partial charge in [0.2, 0.25) is 0 Å². The minimum Gasteiger partial charge on any atom is -0.381 e. The van der Waals surface area contributed by atoms with Crippen LogP contribution >= 0.6 is 0 Å². The summed E-state index contributed by atoms with van der Waals surface area (Å²) in [7, 11) is 1.77. The molecule has 0 aliphatic carbocycles. The first kappa shape index (κ1) is 37.4. The van der Waals surface area contributed by atoms with Gasteiger partial charge >= 0.3 is 0 Å². The molecule has 0 heterocycles. The van der Waals surface area contributed by atoms with Gasteiger partial charge < -0.3 is 4.74 Å². The summed E-state index contributed by atoms with van der Waals surface area (Å²) in [6.45, 7) is 6.02. The van der Waals surface area contributed by atoms with Gasteiger partial charge in [0.05, 0.1) is 6.10 Å². The zero-order valence-corrected chi connectivity index (χ0v) is 26.7. The van der Waals surface area contributed by atoms with Gasteiger partial charge in [-0.3, -0.25) is 4.79 Å². The fraction of sp³-hybridized carbons (Fsp3) is 0.917. The summed E-state index contributed by atoms with van der Waals surface area (Å²) in [5.41, 5.74) is 0. The summed E-state index contributed by atoms with van der Waals surface area (Å²) in [6.07, 6.45) is 41.6. The van der Waals surface area contributed by atoms with Gasteiger partial charge in [-0.05, 0) is 46.0 Å². The largest absolute Gasteiger partial charge is 0.381 e. The van der Waals surface area contributed by atoms with E-state index in [4.69, 9.17) is 4.74 Å². The van der Waals surface area contributed by atoms with Crippen molar-refractivity contribution in [3.63, 3.8) is 0 Å². The minimum absolute atomic E-state index is 0.202. The fourth-order valence-corrected chi connectivity index (χ4v) is 5.77. The maximum absolute atomic E-state index is 11.9. The fourth-order valence-electron chi connectivity index (χ4n) is 5.77. The van der Waals surface area contributed by atoms with E-state index in [1.165, 1.54) is 154 Å². The van der Waals surface area contributed by atoms with Gasteiger partial charge in [-0.2, -0.15) is 0 Å². The molecule has 0 N–H and O–H groups in total. The number of Topliss-reactive ketones (excluding diaryl/α,β-unsaturated/α-hetero) is 1. The molecule has 226 valence electrons. The summed E-state index contributed by atoms with van der Waals surface area (Å²) in [6, 6.07) is 0. The van der Waals surface area contributed by atoms with Gasteiger partial charge in [-0.25, -0.2) is 0 Å². The molecule has 38 heavy (non-hydrogen) atoms. The van der Waals surface area contributed by atoms with E-state index < -0.39 is 0 Å². The first-order chi connectivity index (χ1) is 18.7. The topological polar surface area (TPSA) is 26.3 Å². The van der Waals surface area contributed by atoms with Crippen molar-refractivity contribution in [1.29, 1.82) is 0 Å². The number of ether oxygens (including phenoxy) is 1. The lowest BCUT2D eigenvalue weighted by atomic mass is 9.90. The average Bonchev–Trinajstić information content (AvgIpc) is 2.92. The molecule has 2 atom stereocenters. The van der Waals surface area contributed by atoms with Crippen molar-refractivity contribution >= 4 is 5.78 Å². The summed E-state index contributed by atoms with van der Waals surface area (Å²) < 4.78 is 5.49. The van der Waals surface area contributed by atoms with Gasteiger partial charge in [0.15, 0.2) is 0 Å². The highest BCUT2D eigenvalue weighted by molar-refractivity contribution is 5.78. The Hall–Kier alpha value is -0.630. The van der Waals surface area contributed by atoms with Crippen molar-refractivity contribution in [3.05, 3.63) is 12.2 Å². The zero-order chi connectivity index (χ0) is 27.9. The second-order valence-corrected chi connectivity index (χ2v) is 12.1. The molecule has 0 aliphatic heterocycles. The van der Waals surface area contributed by atoms with Crippen LogP contribution in [0.25, 0.3) is 0 Å². The monoisotopic (exact) mass is 535 g/mol. The van der Waals surface area contributed by atoms with Gasteiger partial charge in [-0.1, -0.05) is 160 Å². The molecule has 0 aromatic carbocycles. The Bertz CT molecular complexity index is 494. The van der Waals surface area contributed by atoms with Crippen LogP contribution in [0.2, 0.25) is 0 Å². The third-order valence-electron chi connectivity index (χ3n) is 8.57. The maximum Gasteiger partial charge on any atom is 0.133 e. The van der Waals surface area contributed by atoms with E-state index >= 15 is 0 Å². The molecular weight excluding hydrogens is 464 g/mol. The number of hydrogen-bond donors (Lipinski definition) is 0. The number of rotatable bonds is 31. The third-order valence-corrected chi connectivity index (χ3v) is 8.57. The van der Waals surface area contributed by atoms with Gasteiger partial charge in [0.25, 0.3) is 0 Å². The first-order valence-electron chi connectivity index (χ1n) is 17.3. The van der Waals surface area contributed by atoms with Crippen LogP contribution in [0.1, 0.15) is 194 Å². The summed E-state index contributed by atoms with van der Waals surface area (Å²) in [5, 5.41) is 0. The van der Waals surface area contributed by atoms with Crippen molar-refractivity contribution in [2.45, 2.75) is 200 Å². The van der Waals surface area contributed by atoms with Gasteiger partial charge in [-0.15, -0.1) is 0 Å². The predicted octanol–water partition coefficient (Wildman–Crippen LogP) is 12.3. The van der Waals surface area contributed by atoms with Crippen LogP contribution in [0.15, 0.2) is 12.2 Å². The third kappa shape index (κ3) is 27.0. The number of methoxy groups -OCH3 is 1. The van der Waals surface area contributed by atoms with Crippen LogP contribution in [-0.2, 0) is 9.53 Å². The van der Waals surface area contributed by atoms with E-state index in [0.29, 0.717) is 5.78 Å². The Morgan fingerprint density at radius 2 is 0.947 bits per heavy atom. The number of hydrogen-bond acceptors (Lipinski definition) is 2. The average molecular weight is 535 g/mol. The van der Waals surface area contributed by atoms with Crippen molar-refractivity contribution in [1.82, 2.24) is 0 Å². The normalized spacial score (nSPS) is 13.4. The van der Waals surface area contributed by atoms with Crippen LogP contribution < -0.4 is 0 Å². The van der Waals surface area contributed by atoms with Crippen molar-refractivity contribution < 1.29 is 9.53 Å². The van der Waals surface area contributed by atoms with Crippen LogP contribution in [0.4, 0.5) is 0 Å². The Labute approximate surface area is 240 Å². The summed E-state index contributed by atoms with van der Waals surface area (Å²) in [4.78, 5) is 11.9. The Morgan fingerprint density at radius 1 is 0.605 bits per heavy atom. The summed E-state index contributed by atoms with van der Waals surface area (Å²) in [5.74, 6) is 0.548. The van der Waals surface area contributed by atoms with Crippen LogP contribution in [0.5, 0.6) is 0 Å². The second-order valence-electron chi connectivity index (χ2n) is 12.1. The maximum atomic E-state index is 11.9. The predicted molar refractivity (Wildman–Crippen MR) is 170 cm³/mol. The van der Waals surface area contributed by atoms with Crippen molar-refractivity contribution in [3.8, 4) is 0 Å². The number of unbranched alkanes of at least 4 members (excludes halogenated alkanes) is 23. The molecule has 0 saturated heterocycles. The molecule has 2 nitrogen and oxygen atoms in total. The number of ketones is 1. The van der Waals surface area contributed by atoms with E-state index in [1.807, 2.05) is 0 Å². The second kappa shape index (κ2) is 30.9. The van der Waals surface area contributed by atoms with Crippen molar-refractivity contribution in [2.24, 2.45) is 5.92 Å². The number of carbonyl (C=O) groups is 1. The quantitative estimate of drug-likeness (QED) is 0.0653. The molecule has 0 aromatic heterocycles. The highest BCUT2D eigenvalue weighted by Gasteiger charge is 2.18. The number of carbonyl (C=O) groups excluding carboxylic acids is 1. The molecule has 0 aromatic rings. The molecule has 0 radical (unpaired) electrons. The summed E-state index contributed by atoms with van der Waals surface area (Å²) >= 11 is 0. The first-order valence-corrected chi connectivity index (χ1v) is 17.3. The molecular formula is C36H70O2. The molecule has 0 amide bonds. The van der Waals surface area contributed by atoms with Crippen molar-refractivity contribution in [2.75, 3.05) is 7.11 Å². The molecule has 0 fully saturated rings. The molecule has 0 aliphatic rings. The minimum atomic E-state index is 0.202. The Kier molecular flexibility index (Phi) is 30.4. The molecule has 0 saturated carbocycles. The van der Waals surface area contributed by atoms with E-state index in [1.54, 1.807) is 14.0 Å². The van der Waals surface area contributed by atoms with Gasteiger partial charge in [0.1, 0.15) is 5.78 Å². The van der Waals surface area contributed by atoms with Crippen LogP contribution in [-0.4, -0.2) is 19.0 Å². The molecule has 2 unspecified atom stereocenters. The van der Waals surface area contributed by atoms with Gasteiger partial charge in [0, 0.05) is 13.0 Å².